The highest BCUT2D eigenvalue weighted by Gasteiger charge is 2.14. The summed E-state index contributed by atoms with van der Waals surface area (Å²) in [6.07, 6.45) is 2.34. The van der Waals surface area contributed by atoms with E-state index in [9.17, 15) is 4.79 Å². The van der Waals surface area contributed by atoms with Crippen LogP contribution < -0.4 is 4.90 Å². The summed E-state index contributed by atoms with van der Waals surface area (Å²) in [5.74, 6) is 0.400. The number of nitrogens with zero attached hydrogens (tertiary/aromatic N) is 3. The van der Waals surface area contributed by atoms with Gasteiger partial charge in [0.1, 0.15) is 10.6 Å². The van der Waals surface area contributed by atoms with Crippen molar-refractivity contribution in [3.63, 3.8) is 0 Å². The molecule has 1 rings (SSSR count). The smallest absolute Gasteiger partial charge is 0.340 e. The van der Waals surface area contributed by atoms with Crippen LogP contribution in [0.3, 0.4) is 0 Å². The molecule has 0 fully saturated rings. The maximum Gasteiger partial charge on any atom is 0.340 e. The average Bonchev–Trinajstić information content (AvgIpc) is 2.25. The number of anilines is 1. The van der Waals surface area contributed by atoms with Crippen molar-refractivity contribution in [2.24, 2.45) is 0 Å². The van der Waals surface area contributed by atoms with Gasteiger partial charge < -0.3 is 10.0 Å². The van der Waals surface area contributed by atoms with Crippen LogP contribution in [0.15, 0.2) is 11.2 Å². The zero-order valence-electron chi connectivity index (χ0n) is 9.60. The number of hydrogen-bond acceptors (Lipinski definition) is 5. The van der Waals surface area contributed by atoms with Crippen molar-refractivity contribution < 1.29 is 9.90 Å². The highest BCUT2D eigenvalue weighted by molar-refractivity contribution is 7.99. The SMILES string of the molecule is CCCSc1nc(N(C)C)ncc1C(=O)O. The van der Waals surface area contributed by atoms with Crippen LogP contribution in [0, 0.1) is 0 Å². The van der Waals surface area contributed by atoms with Crippen LogP contribution in [0.1, 0.15) is 23.7 Å². The fourth-order valence-corrected chi connectivity index (χ4v) is 1.87. The summed E-state index contributed by atoms with van der Waals surface area (Å²) in [5, 5.41) is 9.52. The quantitative estimate of drug-likeness (QED) is 0.625. The van der Waals surface area contributed by atoms with E-state index in [-0.39, 0.29) is 5.56 Å². The average molecular weight is 241 g/mol. The molecule has 1 N–H and O–H groups in total. The third kappa shape index (κ3) is 3.10. The van der Waals surface area contributed by atoms with E-state index in [0.29, 0.717) is 11.0 Å². The van der Waals surface area contributed by atoms with E-state index in [0.717, 1.165) is 12.2 Å². The number of carbonyl (C=O) groups is 1. The maximum atomic E-state index is 11.0. The molecule has 1 heterocycles. The molecule has 5 nitrogen and oxygen atoms in total. The van der Waals surface area contributed by atoms with Crippen molar-refractivity contribution in [3.05, 3.63) is 11.8 Å². The zero-order valence-corrected chi connectivity index (χ0v) is 10.4. The van der Waals surface area contributed by atoms with E-state index < -0.39 is 5.97 Å². The van der Waals surface area contributed by atoms with Gasteiger partial charge in [-0.05, 0) is 12.2 Å². The van der Waals surface area contributed by atoms with Crippen LogP contribution in [-0.4, -0.2) is 40.9 Å². The number of aromatic carboxylic acids is 1. The molecule has 6 heteroatoms. The fourth-order valence-electron chi connectivity index (χ4n) is 1.03. The Balaban J connectivity index is 3.05. The topological polar surface area (TPSA) is 66.3 Å². The number of rotatable bonds is 5. The lowest BCUT2D eigenvalue weighted by molar-refractivity contribution is 0.0691. The van der Waals surface area contributed by atoms with Gasteiger partial charge in [-0.25, -0.2) is 14.8 Å². The number of hydrogen-bond donors (Lipinski definition) is 1. The van der Waals surface area contributed by atoms with Gasteiger partial charge in [0, 0.05) is 20.3 Å². The van der Waals surface area contributed by atoms with Gasteiger partial charge >= 0.3 is 5.97 Å². The van der Waals surface area contributed by atoms with Crippen molar-refractivity contribution >= 4 is 23.7 Å². The molecule has 16 heavy (non-hydrogen) atoms. The van der Waals surface area contributed by atoms with Gasteiger partial charge in [0.15, 0.2) is 0 Å². The number of carboxylic acids is 1. The van der Waals surface area contributed by atoms with Crippen molar-refractivity contribution in [2.45, 2.75) is 18.4 Å². The molecule has 0 unspecified atom stereocenters. The monoisotopic (exact) mass is 241 g/mol. The van der Waals surface area contributed by atoms with Crippen LogP contribution in [0.25, 0.3) is 0 Å². The van der Waals surface area contributed by atoms with Crippen LogP contribution >= 0.6 is 11.8 Å². The second-order valence-electron chi connectivity index (χ2n) is 3.44. The highest BCUT2D eigenvalue weighted by Crippen LogP contribution is 2.22. The second-order valence-corrected chi connectivity index (χ2v) is 4.52. The lowest BCUT2D eigenvalue weighted by atomic mass is 10.3. The normalized spacial score (nSPS) is 10.2. The summed E-state index contributed by atoms with van der Waals surface area (Å²) in [5.41, 5.74) is 0.170. The lowest BCUT2D eigenvalue weighted by Gasteiger charge is -2.12. The lowest BCUT2D eigenvalue weighted by Crippen LogP contribution is -2.14. The van der Waals surface area contributed by atoms with E-state index in [2.05, 4.69) is 9.97 Å². The Morgan fingerprint density at radius 1 is 1.56 bits per heavy atom. The van der Waals surface area contributed by atoms with Gasteiger partial charge in [0.25, 0.3) is 0 Å². The van der Waals surface area contributed by atoms with Crippen LogP contribution in [0.4, 0.5) is 5.95 Å². The highest BCUT2D eigenvalue weighted by atomic mass is 32.2. The molecule has 88 valence electrons. The third-order valence-corrected chi connectivity index (χ3v) is 3.01. The number of thioether (sulfide) groups is 1. The first-order chi connectivity index (χ1) is 7.56. The summed E-state index contributed by atoms with van der Waals surface area (Å²) in [6.45, 7) is 2.04. The minimum atomic E-state index is -0.982. The molecule has 0 aliphatic heterocycles. The first-order valence-corrected chi connectivity index (χ1v) is 5.95. The number of aromatic nitrogens is 2. The molecule has 0 saturated carbocycles. The predicted molar refractivity (Wildman–Crippen MR) is 64.3 cm³/mol. The van der Waals surface area contributed by atoms with Crippen LogP contribution in [0.5, 0.6) is 0 Å². The molecule has 1 aromatic heterocycles. The molecular formula is C10H15N3O2S. The van der Waals surface area contributed by atoms with E-state index in [4.69, 9.17) is 5.11 Å². The molecule has 0 saturated heterocycles. The second kappa shape index (κ2) is 5.69. The molecule has 0 aliphatic carbocycles. The van der Waals surface area contributed by atoms with Crippen LogP contribution in [0.2, 0.25) is 0 Å². The Morgan fingerprint density at radius 2 is 2.25 bits per heavy atom. The summed E-state index contributed by atoms with van der Waals surface area (Å²) in [4.78, 5) is 20.9. The Labute approximate surface area is 98.9 Å². The summed E-state index contributed by atoms with van der Waals surface area (Å²) >= 11 is 1.45. The molecule has 0 aromatic carbocycles. The predicted octanol–water partition coefficient (Wildman–Crippen LogP) is 1.74. The third-order valence-electron chi connectivity index (χ3n) is 1.81. The van der Waals surface area contributed by atoms with E-state index in [1.54, 1.807) is 4.90 Å². The van der Waals surface area contributed by atoms with Crippen molar-refractivity contribution in [3.8, 4) is 0 Å². The molecule has 0 bridgehead atoms. The van der Waals surface area contributed by atoms with E-state index >= 15 is 0 Å². The van der Waals surface area contributed by atoms with Gasteiger partial charge in [-0.3, -0.25) is 0 Å². The van der Waals surface area contributed by atoms with Crippen LogP contribution in [-0.2, 0) is 0 Å². The standard InChI is InChI=1S/C10H15N3O2S/c1-4-5-16-8-7(9(14)15)6-11-10(12-8)13(2)3/h6H,4-5H2,1-3H3,(H,14,15). The van der Waals surface area contributed by atoms with Crippen molar-refractivity contribution in [1.82, 2.24) is 9.97 Å². The van der Waals surface area contributed by atoms with Gasteiger partial charge in [0.2, 0.25) is 5.95 Å². The number of carboxylic acid groups (broad SMARTS) is 1. The Bertz CT molecular complexity index is 382. The van der Waals surface area contributed by atoms with Gasteiger partial charge in [-0.1, -0.05) is 6.92 Å². The first kappa shape index (κ1) is 12.8. The first-order valence-electron chi connectivity index (χ1n) is 4.96. The zero-order chi connectivity index (χ0) is 12.1. The van der Waals surface area contributed by atoms with Crippen molar-refractivity contribution in [2.75, 3.05) is 24.7 Å². The molecular weight excluding hydrogens is 226 g/mol. The van der Waals surface area contributed by atoms with Crippen molar-refractivity contribution in [1.29, 1.82) is 0 Å². The minimum Gasteiger partial charge on any atom is -0.478 e. The molecule has 0 radical (unpaired) electrons. The van der Waals surface area contributed by atoms with E-state index in [1.165, 1.54) is 18.0 Å². The van der Waals surface area contributed by atoms with E-state index in [1.807, 2.05) is 21.0 Å². The van der Waals surface area contributed by atoms with Gasteiger partial charge in [-0.15, -0.1) is 11.8 Å². The maximum absolute atomic E-state index is 11.0. The largest absolute Gasteiger partial charge is 0.478 e. The Hall–Kier alpha value is -1.30. The Kier molecular flexibility index (Phi) is 4.54. The van der Waals surface area contributed by atoms with Gasteiger partial charge in [0.05, 0.1) is 0 Å². The Morgan fingerprint density at radius 3 is 2.75 bits per heavy atom. The summed E-state index contributed by atoms with van der Waals surface area (Å²) < 4.78 is 0. The minimum absolute atomic E-state index is 0.170. The molecule has 0 atom stereocenters. The molecule has 1 aromatic rings. The van der Waals surface area contributed by atoms with Gasteiger partial charge in [-0.2, -0.15) is 0 Å². The molecule has 0 aliphatic rings. The molecule has 0 spiro atoms. The molecule has 0 amide bonds. The summed E-state index contributed by atoms with van der Waals surface area (Å²) in [7, 11) is 3.65. The fraction of sp³-hybridized carbons (Fsp3) is 0.500. The summed E-state index contributed by atoms with van der Waals surface area (Å²) in [6, 6.07) is 0.